The van der Waals surface area contributed by atoms with Crippen LogP contribution in [0.5, 0.6) is 0 Å². The van der Waals surface area contributed by atoms with Gasteiger partial charge in [0.25, 0.3) is 5.91 Å². The van der Waals surface area contributed by atoms with E-state index in [0.717, 1.165) is 18.4 Å². The highest BCUT2D eigenvalue weighted by Crippen LogP contribution is 2.19. The summed E-state index contributed by atoms with van der Waals surface area (Å²) in [6.07, 6.45) is 4.11. The van der Waals surface area contributed by atoms with Crippen molar-refractivity contribution in [3.05, 3.63) is 48.0 Å². The number of likely N-dealkylation sites (tertiary alicyclic amines) is 1. The molecule has 1 saturated heterocycles. The third kappa shape index (κ3) is 7.58. The van der Waals surface area contributed by atoms with Crippen molar-refractivity contribution in [2.45, 2.75) is 45.8 Å². The Bertz CT molecular complexity index is 937. The molecule has 1 aromatic carbocycles. The van der Waals surface area contributed by atoms with Gasteiger partial charge >= 0.3 is 6.09 Å². The summed E-state index contributed by atoms with van der Waals surface area (Å²) in [4.78, 5) is 42.8. The lowest BCUT2D eigenvalue weighted by atomic mass is 9.96. The van der Waals surface area contributed by atoms with Crippen LogP contribution >= 0.6 is 0 Å². The first-order valence-corrected chi connectivity index (χ1v) is 11.2. The Labute approximate surface area is 193 Å². The number of benzene rings is 1. The summed E-state index contributed by atoms with van der Waals surface area (Å²) in [5.74, 6) is -0.455. The molecule has 0 saturated carbocycles. The fraction of sp³-hybridized carbons (Fsp3) is 0.522. The summed E-state index contributed by atoms with van der Waals surface area (Å²) in [6.45, 7) is 7.54. The molecule has 1 aliphatic heterocycles. The number of hydrogen-bond acceptors (Lipinski definition) is 6. The van der Waals surface area contributed by atoms with E-state index in [0.29, 0.717) is 31.7 Å². The maximum Gasteiger partial charge on any atom is 0.407 e. The number of carbonyl (C=O) groups excluding carboxylic acids is 3. The zero-order chi connectivity index (χ0) is 23.8. The number of nitrogens with one attached hydrogen (secondary N) is 2. The molecule has 2 aromatic rings. The Kier molecular flexibility index (Phi) is 8.02. The third-order valence-corrected chi connectivity index (χ3v) is 5.18. The largest absolute Gasteiger partial charge is 0.444 e. The molecular formula is C23H32N6O4. The SMILES string of the molecule is CC(C)(C)OC(=O)NCCNC(=O)C1CCCN(C(=O)c2ccc(Cn3cncn3)cc2)C1. The third-order valence-electron chi connectivity index (χ3n) is 5.18. The van der Waals surface area contributed by atoms with Crippen molar-refractivity contribution in [2.75, 3.05) is 26.2 Å². The van der Waals surface area contributed by atoms with E-state index in [1.54, 1.807) is 48.8 Å². The lowest BCUT2D eigenvalue weighted by Crippen LogP contribution is -2.46. The second kappa shape index (κ2) is 10.9. The summed E-state index contributed by atoms with van der Waals surface area (Å²) in [5, 5.41) is 9.53. The first-order chi connectivity index (χ1) is 15.7. The highest BCUT2D eigenvalue weighted by molar-refractivity contribution is 5.94. The lowest BCUT2D eigenvalue weighted by Gasteiger charge is -2.32. The van der Waals surface area contributed by atoms with E-state index in [-0.39, 0.29) is 24.3 Å². The molecule has 3 rings (SSSR count). The van der Waals surface area contributed by atoms with Crippen molar-refractivity contribution in [3.63, 3.8) is 0 Å². The van der Waals surface area contributed by atoms with Crippen LogP contribution in [0.25, 0.3) is 0 Å². The van der Waals surface area contributed by atoms with Crippen LogP contribution in [0, 0.1) is 5.92 Å². The number of amides is 3. The van der Waals surface area contributed by atoms with E-state index in [2.05, 4.69) is 20.7 Å². The smallest absolute Gasteiger partial charge is 0.407 e. The molecule has 1 atom stereocenters. The molecule has 1 fully saturated rings. The standard InChI is InChI=1S/C23H32N6O4/c1-23(2,3)33-22(32)26-11-10-25-20(30)19-5-4-12-28(14-19)21(31)18-8-6-17(7-9-18)13-29-16-24-15-27-29/h6-9,15-16,19H,4-5,10-14H2,1-3H3,(H,25,30)(H,26,32). The van der Waals surface area contributed by atoms with Crippen LogP contribution in [-0.2, 0) is 16.1 Å². The van der Waals surface area contributed by atoms with Gasteiger partial charge in [-0.3, -0.25) is 9.59 Å². The van der Waals surface area contributed by atoms with E-state index in [1.165, 1.54) is 6.33 Å². The molecule has 1 unspecified atom stereocenters. The van der Waals surface area contributed by atoms with Gasteiger partial charge in [0.2, 0.25) is 5.91 Å². The van der Waals surface area contributed by atoms with E-state index in [9.17, 15) is 14.4 Å². The highest BCUT2D eigenvalue weighted by atomic mass is 16.6. The Morgan fingerprint density at radius 1 is 1.12 bits per heavy atom. The number of nitrogens with zero attached hydrogens (tertiary/aromatic N) is 4. The van der Waals surface area contributed by atoms with E-state index in [1.807, 2.05) is 12.1 Å². The van der Waals surface area contributed by atoms with Gasteiger partial charge in [0.1, 0.15) is 18.3 Å². The molecule has 1 aromatic heterocycles. The topological polar surface area (TPSA) is 118 Å². The van der Waals surface area contributed by atoms with Gasteiger partial charge in [0.05, 0.1) is 12.5 Å². The van der Waals surface area contributed by atoms with Gasteiger partial charge in [-0.15, -0.1) is 0 Å². The van der Waals surface area contributed by atoms with E-state index >= 15 is 0 Å². The number of aromatic nitrogens is 3. The van der Waals surface area contributed by atoms with Gasteiger partial charge in [0, 0.05) is 31.7 Å². The molecule has 1 aliphatic rings. The molecule has 3 amide bonds. The fourth-order valence-electron chi connectivity index (χ4n) is 3.62. The second-order valence-corrected chi connectivity index (χ2v) is 9.10. The predicted octanol–water partition coefficient (Wildman–Crippen LogP) is 1.82. The van der Waals surface area contributed by atoms with Gasteiger partial charge < -0.3 is 20.3 Å². The number of alkyl carbamates (subject to hydrolysis) is 1. The van der Waals surface area contributed by atoms with Gasteiger partial charge in [-0.1, -0.05) is 12.1 Å². The van der Waals surface area contributed by atoms with Crippen molar-refractivity contribution in [2.24, 2.45) is 5.92 Å². The quantitative estimate of drug-likeness (QED) is 0.614. The molecule has 178 valence electrons. The fourth-order valence-corrected chi connectivity index (χ4v) is 3.62. The summed E-state index contributed by atoms with van der Waals surface area (Å²) < 4.78 is 6.88. The van der Waals surface area contributed by atoms with Crippen molar-refractivity contribution >= 4 is 17.9 Å². The Morgan fingerprint density at radius 3 is 2.52 bits per heavy atom. The van der Waals surface area contributed by atoms with Crippen molar-refractivity contribution in [1.82, 2.24) is 30.3 Å². The number of rotatable bonds is 7. The van der Waals surface area contributed by atoms with E-state index in [4.69, 9.17) is 4.74 Å². The number of ether oxygens (including phenoxy) is 1. The number of carbonyl (C=O) groups is 3. The van der Waals surface area contributed by atoms with Crippen LogP contribution in [0.15, 0.2) is 36.9 Å². The maximum atomic E-state index is 13.0. The summed E-state index contributed by atoms with van der Waals surface area (Å²) in [6, 6.07) is 7.42. The predicted molar refractivity (Wildman–Crippen MR) is 121 cm³/mol. The Morgan fingerprint density at radius 2 is 1.85 bits per heavy atom. The zero-order valence-electron chi connectivity index (χ0n) is 19.4. The first kappa shape index (κ1) is 24.2. The minimum atomic E-state index is -0.566. The van der Waals surface area contributed by atoms with Crippen molar-refractivity contribution < 1.29 is 19.1 Å². The molecule has 0 bridgehead atoms. The Balaban J connectivity index is 1.44. The first-order valence-electron chi connectivity index (χ1n) is 11.2. The summed E-state index contributed by atoms with van der Waals surface area (Å²) in [7, 11) is 0. The van der Waals surface area contributed by atoms with Gasteiger partial charge in [0.15, 0.2) is 0 Å². The van der Waals surface area contributed by atoms with Crippen LogP contribution in [0.1, 0.15) is 49.5 Å². The van der Waals surface area contributed by atoms with Crippen LogP contribution in [0.4, 0.5) is 4.79 Å². The monoisotopic (exact) mass is 456 g/mol. The van der Waals surface area contributed by atoms with Crippen LogP contribution in [-0.4, -0.2) is 69.4 Å². The minimum Gasteiger partial charge on any atom is -0.444 e. The van der Waals surface area contributed by atoms with Crippen LogP contribution in [0.2, 0.25) is 0 Å². The molecule has 2 heterocycles. The van der Waals surface area contributed by atoms with E-state index < -0.39 is 11.7 Å². The van der Waals surface area contributed by atoms with Crippen molar-refractivity contribution in [3.8, 4) is 0 Å². The normalized spacial score (nSPS) is 16.2. The Hall–Kier alpha value is -3.43. The van der Waals surface area contributed by atoms with Gasteiger partial charge in [-0.05, 0) is 51.3 Å². The van der Waals surface area contributed by atoms with Gasteiger partial charge in [-0.25, -0.2) is 14.5 Å². The van der Waals surface area contributed by atoms with Gasteiger partial charge in [-0.2, -0.15) is 5.10 Å². The minimum absolute atomic E-state index is 0.0774. The van der Waals surface area contributed by atoms with Crippen LogP contribution in [0.3, 0.4) is 0 Å². The molecule has 33 heavy (non-hydrogen) atoms. The molecule has 0 aliphatic carbocycles. The van der Waals surface area contributed by atoms with Crippen LogP contribution < -0.4 is 10.6 Å². The summed E-state index contributed by atoms with van der Waals surface area (Å²) in [5.41, 5.74) is 1.05. The maximum absolute atomic E-state index is 13.0. The van der Waals surface area contributed by atoms with Crippen molar-refractivity contribution in [1.29, 1.82) is 0 Å². The second-order valence-electron chi connectivity index (χ2n) is 9.10. The molecule has 2 N–H and O–H groups in total. The average molecular weight is 457 g/mol. The highest BCUT2D eigenvalue weighted by Gasteiger charge is 2.28. The zero-order valence-corrected chi connectivity index (χ0v) is 19.4. The number of hydrogen-bond donors (Lipinski definition) is 2. The average Bonchev–Trinajstić information content (AvgIpc) is 3.28. The molecule has 0 radical (unpaired) electrons. The molecule has 10 heteroatoms. The molecule has 0 spiro atoms. The molecular weight excluding hydrogens is 424 g/mol. The molecule has 10 nitrogen and oxygen atoms in total. The lowest BCUT2D eigenvalue weighted by molar-refractivity contribution is -0.126. The number of piperidine rings is 1. The summed E-state index contributed by atoms with van der Waals surface area (Å²) >= 11 is 0.